The Hall–Kier alpha value is -0.0400. The molecule has 5 heteroatoms. The van der Waals surface area contributed by atoms with E-state index in [9.17, 15) is 0 Å². The first kappa shape index (κ1) is 16.0. The van der Waals surface area contributed by atoms with Gasteiger partial charge < -0.3 is 15.4 Å². The number of aliphatic imine (C=N–C) groups is 1. The van der Waals surface area contributed by atoms with E-state index in [1.807, 2.05) is 7.05 Å². The first-order valence-electron chi connectivity index (χ1n) is 6.56. The monoisotopic (exact) mass is 367 g/mol. The molecule has 0 aromatic rings. The summed E-state index contributed by atoms with van der Waals surface area (Å²) in [6.45, 7) is 8.44. The number of nitrogens with one attached hydrogen (secondary N) is 2. The Morgan fingerprint density at radius 3 is 2.50 bits per heavy atom. The van der Waals surface area contributed by atoms with E-state index in [1.54, 1.807) is 0 Å². The fourth-order valence-corrected chi connectivity index (χ4v) is 2.32. The van der Waals surface area contributed by atoms with Gasteiger partial charge in [-0.1, -0.05) is 13.8 Å². The Labute approximate surface area is 127 Å². The van der Waals surface area contributed by atoms with Crippen LogP contribution in [0, 0.1) is 5.41 Å². The summed E-state index contributed by atoms with van der Waals surface area (Å²) in [4.78, 5) is 4.26. The van der Waals surface area contributed by atoms with Crippen molar-refractivity contribution in [2.24, 2.45) is 10.4 Å². The van der Waals surface area contributed by atoms with Crippen molar-refractivity contribution in [3.05, 3.63) is 0 Å². The van der Waals surface area contributed by atoms with Crippen LogP contribution in [0.1, 0.15) is 40.0 Å². The van der Waals surface area contributed by atoms with E-state index in [0.29, 0.717) is 11.5 Å². The van der Waals surface area contributed by atoms with Gasteiger partial charge in [0, 0.05) is 26.2 Å². The minimum atomic E-state index is -0.0172. The van der Waals surface area contributed by atoms with Crippen LogP contribution in [0.25, 0.3) is 0 Å². The van der Waals surface area contributed by atoms with Crippen molar-refractivity contribution >= 4 is 29.9 Å². The molecule has 1 saturated heterocycles. The summed E-state index contributed by atoms with van der Waals surface area (Å²) in [5.41, 5.74) is 0.405. The fraction of sp³-hybridized carbons (Fsp3) is 0.923. The molecule has 0 radical (unpaired) electrons. The molecule has 2 N–H and O–H groups in total. The zero-order valence-corrected chi connectivity index (χ0v) is 14.2. The topological polar surface area (TPSA) is 45.7 Å². The molecular formula is C13H26IN3O. The predicted octanol–water partition coefficient (Wildman–Crippen LogP) is 2.14. The fourth-order valence-electron chi connectivity index (χ4n) is 2.32. The van der Waals surface area contributed by atoms with Crippen LogP contribution in [-0.4, -0.2) is 37.8 Å². The molecule has 2 aliphatic rings. The van der Waals surface area contributed by atoms with Gasteiger partial charge in [-0.15, -0.1) is 24.0 Å². The van der Waals surface area contributed by atoms with E-state index >= 15 is 0 Å². The number of halogens is 1. The summed E-state index contributed by atoms with van der Waals surface area (Å²) in [6, 6.07) is 0.561. The van der Waals surface area contributed by atoms with Crippen molar-refractivity contribution in [1.29, 1.82) is 0 Å². The maximum absolute atomic E-state index is 5.75. The van der Waals surface area contributed by atoms with Crippen LogP contribution >= 0.6 is 24.0 Å². The quantitative estimate of drug-likeness (QED) is 0.457. The predicted molar refractivity (Wildman–Crippen MR) is 85.7 cm³/mol. The molecule has 0 bridgehead atoms. The van der Waals surface area contributed by atoms with Crippen LogP contribution in [0.3, 0.4) is 0 Å². The number of ether oxygens (including phenoxy) is 1. The highest BCUT2D eigenvalue weighted by Gasteiger charge is 2.46. The largest absolute Gasteiger partial charge is 0.373 e. The smallest absolute Gasteiger partial charge is 0.191 e. The van der Waals surface area contributed by atoms with Gasteiger partial charge in [0.1, 0.15) is 0 Å². The molecule has 0 aromatic carbocycles. The molecule has 2 rings (SSSR count). The second-order valence-corrected chi connectivity index (χ2v) is 6.22. The second kappa shape index (κ2) is 5.94. The Bertz CT molecular complexity index is 311. The van der Waals surface area contributed by atoms with E-state index in [2.05, 4.69) is 36.4 Å². The van der Waals surface area contributed by atoms with Crippen LogP contribution in [0.5, 0.6) is 0 Å². The van der Waals surface area contributed by atoms with E-state index in [-0.39, 0.29) is 29.6 Å². The average molecular weight is 367 g/mol. The highest BCUT2D eigenvalue weighted by Crippen LogP contribution is 2.44. The first-order chi connectivity index (χ1) is 7.95. The highest BCUT2D eigenvalue weighted by molar-refractivity contribution is 14.0. The van der Waals surface area contributed by atoms with Crippen molar-refractivity contribution in [2.45, 2.75) is 51.7 Å². The molecule has 1 aliphatic carbocycles. The van der Waals surface area contributed by atoms with Crippen LogP contribution < -0.4 is 10.6 Å². The molecule has 4 nitrogen and oxygen atoms in total. The minimum absolute atomic E-state index is 0. The van der Waals surface area contributed by atoms with E-state index in [0.717, 1.165) is 25.5 Å². The van der Waals surface area contributed by atoms with Gasteiger partial charge in [0.15, 0.2) is 5.96 Å². The third-order valence-electron chi connectivity index (χ3n) is 3.98. The molecule has 2 unspecified atom stereocenters. The minimum Gasteiger partial charge on any atom is -0.373 e. The summed E-state index contributed by atoms with van der Waals surface area (Å²) in [5.74, 6) is 0.900. The molecule has 18 heavy (non-hydrogen) atoms. The average Bonchev–Trinajstić information content (AvgIpc) is 2.68. The highest BCUT2D eigenvalue weighted by atomic mass is 127. The Morgan fingerprint density at radius 1 is 1.39 bits per heavy atom. The third kappa shape index (κ3) is 3.98. The number of nitrogens with zero attached hydrogens (tertiary/aromatic N) is 1. The molecule has 1 saturated carbocycles. The molecule has 2 fully saturated rings. The molecule has 106 valence electrons. The van der Waals surface area contributed by atoms with Crippen molar-refractivity contribution in [1.82, 2.24) is 10.6 Å². The zero-order chi connectivity index (χ0) is 12.5. The van der Waals surface area contributed by atoms with E-state index in [4.69, 9.17) is 4.74 Å². The lowest BCUT2D eigenvalue weighted by Crippen LogP contribution is -2.46. The number of hydrogen-bond acceptors (Lipinski definition) is 2. The summed E-state index contributed by atoms with van der Waals surface area (Å²) < 4.78 is 5.75. The Morgan fingerprint density at radius 2 is 2.06 bits per heavy atom. The number of hydrogen-bond donors (Lipinski definition) is 2. The molecule has 0 aromatic heterocycles. The van der Waals surface area contributed by atoms with E-state index in [1.165, 1.54) is 12.8 Å². The van der Waals surface area contributed by atoms with Crippen LogP contribution in [0.15, 0.2) is 4.99 Å². The second-order valence-electron chi connectivity index (χ2n) is 6.22. The molecule has 1 aliphatic heterocycles. The maximum Gasteiger partial charge on any atom is 0.191 e. The van der Waals surface area contributed by atoms with Gasteiger partial charge in [0.25, 0.3) is 0 Å². The lowest BCUT2D eigenvalue weighted by atomic mass is 10.0. The molecule has 0 spiro atoms. The lowest BCUT2D eigenvalue weighted by Gasteiger charge is -2.25. The standard InChI is InChI=1S/C13H25N3O.HI/c1-12(2)8-10(12)16-11(14-4)15-9-13(3)6-5-7-17-13;/h10H,5-9H2,1-4H3,(H2,14,15,16);1H. The van der Waals surface area contributed by atoms with Gasteiger partial charge in [-0.3, -0.25) is 4.99 Å². The summed E-state index contributed by atoms with van der Waals surface area (Å²) in [6.07, 6.45) is 3.52. The van der Waals surface area contributed by atoms with E-state index < -0.39 is 0 Å². The molecule has 0 amide bonds. The van der Waals surface area contributed by atoms with Crippen LogP contribution in [0.4, 0.5) is 0 Å². The van der Waals surface area contributed by atoms with Gasteiger partial charge in [-0.25, -0.2) is 0 Å². The Kier molecular flexibility index (Phi) is 5.29. The Balaban J connectivity index is 0.00000162. The molecular weight excluding hydrogens is 341 g/mol. The van der Waals surface area contributed by atoms with Crippen LogP contribution in [-0.2, 0) is 4.74 Å². The van der Waals surface area contributed by atoms with Crippen molar-refractivity contribution in [2.75, 3.05) is 20.2 Å². The maximum atomic E-state index is 5.75. The van der Waals surface area contributed by atoms with Gasteiger partial charge in [-0.05, 0) is 31.6 Å². The number of guanidine groups is 1. The summed E-state index contributed by atoms with van der Waals surface area (Å²) >= 11 is 0. The van der Waals surface area contributed by atoms with Gasteiger partial charge in [0.2, 0.25) is 0 Å². The SMILES string of the molecule is CN=C(NCC1(C)CCCO1)NC1CC1(C)C.I. The summed E-state index contributed by atoms with van der Waals surface area (Å²) in [5, 5.41) is 6.83. The molecule has 1 heterocycles. The summed E-state index contributed by atoms with van der Waals surface area (Å²) in [7, 11) is 1.82. The van der Waals surface area contributed by atoms with Gasteiger partial charge >= 0.3 is 0 Å². The van der Waals surface area contributed by atoms with Gasteiger partial charge in [-0.2, -0.15) is 0 Å². The molecule has 2 atom stereocenters. The van der Waals surface area contributed by atoms with Crippen molar-refractivity contribution in [3.8, 4) is 0 Å². The normalized spacial score (nSPS) is 33.8. The number of rotatable bonds is 3. The first-order valence-corrected chi connectivity index (χ1v) is 6.56. The van der Waals surface area contributed by atoms with Gasteiger partial charge in [0.05, 0.1) is 5.60 Å². The third-order valence-corrected chi connectivity index (χ3v) is 3.98. The zero-order valence-electron chi connectivity index (χ0n) is 11.9. The van der Waals surface area contributed by atoms with Crippen LogP contribution in [0.2, 0.25) is 0 Å². The lowest BCUT2D eigenvalue weighted by molar-refractivity contribution is 0.0242. The van der Waals surface area contributed by atoms with Crippen molar-refractivity contribution in [3.63, 3.8) is 0 Å². The van der Waals surface area contributed by atoms with Crippen molar-refractivity contribution < 1.29 is 4.74 Å².